The topological polar surface area (TPSA) is 20.2 Å². The van der Waals surface area contributed by atoms with Gasteiger partial charge >= 0.3 is 0 Å². The summed E-state index contributed by atoms with van der Waals surface area (Å²) in [5.41, 5.74) is 1.42. The van der Waals surface area contributed by atoms with Gasteiger partial charge in [-0.3, -0.25) is 0 Å². The van der Waals surface area contributed by atoms with E-state index >= 15 is 0 Å². The van der Waals surface area contributed by atoms with Crippen molar-refractivity contribution in [2.24, 2.45) is 5.92 Å². The van der Waals surface area contributed by atoms with Gasteiger partial charge in [-0.15, -0.1) is 0 Å². The summed E-state index contributed by atoms with van der Waals surface area (Å²) in [7, 11) is 0. The van der Waals surface area contributed by atoms with E-state index in [0.29, 0.717) is 5.92 Å². The second kappa shape index (κ2) is 6.01. The lowest BCUT2D eigenvalue weighted by Gasteiger charge is -2.16. The van der Waals surface area contributed by atoms with E-state index in [1.807, 2.05) is 0 Å². The highest BCUT2D eigenvalue weighted by atomic mass is 127. The van der Waals surface area contributed by atoms with Crippen LogP contribution in [0.15, 0.2) is 24.3 Å². The Morgan fingerprint density at radius 3 is 2.56 bits per heavy atom. The van der Waals surface area contributed by atoms with Crippen molar-refractivity contribution in [1.82, 2.24) is 0 Å². The van der Waals surface area contributed by atoms with Crippen LogP contribution in [-0.2, 0) is 6.42 Å². The molecule has 1 aromatic rings. The van der Waals surface area contributed by atoms with E-state index in [9.17, 15) is 5.11 Å². The van der Waals surface area contributed by atoms with Crippen molar-refractivity contribution in [1.29, 1.82) is 0 Å². The molecule has 0 heterocycles. The van der Waals surface area contributed by atoms with Crippen molar-refractivity contribution >= 4 is 22.6 Å². The van der Waals surface area contributed by atoms with Gasteiger partial charge in [0.25, 0.3) is 0 Å². The average molecular weight is 330 g/mol. The number of benzene rings is 1. The van der Waals surface area contributed by atoms with Gasteiger partial charge in [-0.05, 0) is 65.5 Å². The Bertz CT molecular complexity index is 320. The van der Waals surface area contributed by atoms with Crippen molar-refractivity contribution < 1.29 is 5.11 Å². The molecule has 2 rings (SSSR count). The Morgan fingerprint density at radius 2 is 1.81 bits per heavy atom. The minimum absolute atomic E-state index is 0.0589. The zero-order chi connectivity index (χ0) is 11.4. The third-order valence-electron chi connectivity index (χ3n) is 3.44. The van der Waals surface area contributed by atoms with Crippen LogP contribution in [-0.4, -0.2) is 11.2 Å². The Balaban J connectivity index is 1.95. The average Bonchev–Trinajstić information content (AvgIpc) is 2.46. The molecule has 1 N–H and O–H groups in total. The normalized spacial score (nSPS) is 26.4. The summed E-state index contributed by atoms with van der Waals surface area (Å²) in [6, 6.07) is 8.78. The van der Waals surface area contributed by atoms with Gasteiger partial charge in [0.15, 0.2) is 0 Å². The van der Waals surface area contributed by atoms with Gasteiger partial charge in [-0.25, -0.2) is 0 Å². The third kappa shape index (κ3) is 3.74. The molecule has 1 saturated carbocycles. The lowest BCUT2D eigenvalue weighted by atomic mass is 9.92. The Hall–Kier alpha value is -0.0900. The number of rotatable bonds is 2. The second-order valence-electron chi connectivity index (χ2n) is 4.87. The van der Waals surface area contributed by atoms with E-state index in [1.54, 1.807) is 0 Å². The molecule has 1 aromatic carbocycles. The highest BCUT2D eigenvalue weighted by Gasteiger charge is 2.18. The zero-order valence-electron chi connectivity index (χ0n) is 9.53. The molecule has 0 saturated heterocycles. The fourth-order valence-electron chi connectivity index (χ4n) is 2.57. The first kappa shape index (κ1) is 12.4. The maximum Gasteiger partial charge on any atom is 0.0543 e. The smallest absolute Gasteiger partial charge is 0.0543 e. The van der Waals surface area contributed by atoms with Crippen molar-refractivity contribution in [3.8, 4) is 0 Å². The highest BCUT2D eigenvalue weighted by Crippen LogP contribution is 2.26. The molecule has 1 fully saturated rings. The molecule has 0 radical (unpaired) electrons. The molecule has 1 nitrogen and oxygen atoms in total. The van der Waals surface area contributed by atoms with Crippen molar-refractivity contribution in [2.45, 2.75) is 44.6 Å². The number of hydrogen-bond donors (Lipinski definition) is 1. The molecule has 16 heavy (non-hydrogen) atoms. The van der Waals surface area contributed by atoms with Crippen LogP contribution in [0.1, 0.15) is 37.7 Å². The summed E-state index contributed by atoms with van der Waals surface area (Å²) >= 11 is 2.34. The van der Waals surface area contributed by atoms with E-state index in [4.69, 9.17) is 0 Å². The van der Waals surface area contributed by atoms with E-state index in [-0.39, 0.29) is 6.10 Å². The molecule has 88 valence electrons. The monoisotopic (exact) mass is 330 g/mol. The molecule has 1 aliphatic carbocycles. The van der Waals surface area contributed by atoms with E-state index < -0.39 is 0 Å². The van der Waals surface area contributed by atoms with Gasteiger partial charge in [0, 0.05) is 3.57 Å². The minimum atomic E-state index is -0.0589. The molecule has 2 heteroatoms. The zero-order valence-corrected chi connectivity index (χ0v) is 11.7. The van der Waals surface area contributed by atoms with Crippen LogP contribution >= 0.6 is 22.6 Å². The van der Waals surface area contributed by atoms with Gasteiger partial charge in [0.1, 0.15) is 0 Å². The summed E-state index contributed by atoms with van der Waals surface area (Å²) in [5, 5.41) is 9.78. The Morgan fingerprint density at radius 1 is 1.12 bits per heavy atom. The van der Waals surface area contributed by atoms with Crippen LogP contribution in [0.2, 0.25) is 0 Å². The molecule has 2 unspecified atom stereocenters. The number of aliphatic hydroxyl groups is 1. The molecule has 1 aliphatic rings. The lowest BCUT2D eigenvalue weighted by Crippen LogP contribution is -2.12. The lowest BCUT2D eigenvalue weighted by molar-refractivity contribution is 0.141. The molecular formula is C14H19IO. The summed E-state index contributed by atoms with van der Waals surface area (Å²) in [4.78, 5) is 0. The summed E-state index contributed by atoms with van der Waals surface area (Å²) < 4.78 is 1.29. The van der Waals surface area contributed by atoms with Gasteiger partial charge in [0.05, 0.1) is 6.10 Å². The van der Waals surface area contributed by atoms with Crippen LogP contribution in [0.3, 0.4) is 0 Å². The van der Waals surface area contributed by atoms with Crippen molar-refractivity contribution in [3.63, 3.8) is 0 Å². The van der Waals surface area contributed by atoms with Crippen LogP contribution in [0.25, 0.3) is 0 Å². The van der Waals surface area contributed by atoms with E-state index in [2.05, 4.69) is 46.9 Å². The van der Waals surface area contributed by atoms with Crippen molar-refractivity contribution in [2.75, 3.05) is 0 Å². The van der Waals surface area contributed by atoms with Crippen LogP contribution in [0, 0.1) is 9.49 Å². The van der Waals surface area contributed by atoms with Gasteiger partial charge in [-0.2, -0.15) is 0 Å². The number of halogens is 1. The van der Waals surface area contributed by atoms with E-state index in [1.165, 1.54) is 28.4 Å². The standard InChI is InChI=1S/C14H19IO/c15-13-7-5-11(6-8-13)9-12-3-1-2-4-14(16)10-12/h5-8,12,14,16H,1-4,9-10H2. The first-order chi connectivity index (χ1) is 7.74. The first-order valence-corrected chi connectivity index (χ1v) is 7.24. The first-order valence-electron chi connectivity index (χ1n) is 6.16. The maximum absolute atomic E-state index is 9.78. The molecule has 0 amide bonds. The molecule has 0 bridgehead atoms. The van der Waals surface area contributed by atoms with Gasteiger partial charge in [-0.1, -0.05) is 31.4 Å². The molecular weight excluding hydrogens is 311 g/mol. The molecule has 0 aliphatic heterocycles. The third-order valence-corrected chi connectivity index (χ3v) is 4.16. The van der Waals surface area contributed by atoms with Crippen molar-refractivity contribution in [3.05, 3.63) is 33.4 Å². The minimum Gasteiger partial charge on any atom is -0.393 e. The molecule has 2 atom stereocenters. The molecule has 0 spiro atoms. The van der Waals surface area contributed by atoms with Gasteiger partial charge in [0.2, 0.25) is 0 Å². The largest absolute Gasteiger partial charge is 0.393 e. The fraction of sp³-hybridized carbons (Fsp3) is 0.571. The quantitative estimate of drug-likeness (QED) is 0.646. The van der Waals surface area contributed by atoms with E-state index in [0.717, 1.165) is 19.3 Å². The van der Waals surface area contributed by atoms with Crippen LogP contribution in [0.4, 0.5) is 0 Å². The predicted molar refractivity (Wildman–Crippen MR) is 75.4 cm³/mol. The summed E-state index contributed by atoms with van der Waals surface area (Å²) in [5.74, 6) is 0.678. The number of aliphatic hydroxyl groups excluding tert-OH is 1. The van der Waals surface area contributed by atoms with Crippen LogP contribution < -0.4 is 0 Å². The highest BCUT2D eigenvalue weighted by molar-refractivity contribution is 14.1. The Kier molecular flexibility index (Phi) is 4.65. The van der Waals surface area contributed by atoms with Crippen LogP contribution in [0.5, 0.6) is 0 Å². The fourth-order valence-corrected chi connectivity index (χ4v) is 2.93. The molecule has 0 aromatic heterocycles. The number of hydrogen-bond acceptors (Lipinski definition) is 1. The summed E-state index contributed by atoms with van der Waals surface area (Å²) in [6.07, 6.45) is 6.83. The SMILES string of the molecule is OC1CCCCC(Cc2ccc(I)cc2)C1. The predicted octanol–water partition coefficient (Wildman–Crippen LogP) is 3.77. The second-order valence-corrected chi connectivity index (χ2v) is 6.12. The van der Waals surface area contributed by atoms with Gasteiger partial charge < -0.3 is 5.11 Å². The summed E-state index contributed by atoms with van der Waals surface area (Å²) in [6.45, 7) is 0. The Labute approximate surface area is 111 Å². The maximum atomic E-state index is 9.78.